The molecule has 1 heterocycles. The molecule has 2 rings (SSSR count). The highest BCUT2D eigenvalue weighted by Crippen LogP contribution is 2.32. The third-order valence-electron chi connectivity index (χ3n) is 3.89. The van der Waals surface area contributed by atoms with E-state index < -0.39 is 0 Å². The number of aliphatic hydroxyl groups is 1. The van der Waals surface area contributed by atoms with Crippen molar-refractivity contribution in [3.8, 4) is 0 Å². The van der Waals surface area contributed by atoms with E-state index in [1.165, 1.54) is 5.56 Å². The summed E-state index contributed by atoms with van der Waals surface area (Å²) in [5, 5.41) is 13.3. The van der Waals surface area contributed by atoms with Gasteiger partial charge in [-0.15, -0.1) is 0 Å². The number of halogens is 1. The van der Waals surface area contributed by atoms with Crippen LogP contribution in [0.25, 0.3) is 0 Å². The smallest absolute Gasteiger partial charge is 0.0642 e. The minimum absolute atomic E-state index is 0.284. The van der Waals surface area contributed by atoms with E-state index in [1.54, 1.807) is 0 Å². The Morgan fingerprint density at radius 3 is 2.90 bits per heavy atom. The fourth-order valence-electron chi connectivity index (χ4n) is 2.71. The van der Waals surface area contributed by atoms with Crippen LogP contribution in [0.3, 0.4) is 0 Å². The first-order valence-electron chi connectivity index (χ1n) is 7.47. The van der Waals surface area contributed by atoms with Crippen LogP contribution in [0.15, 0.2) is 18.2 Å². The summed E-state index contributed by atoms with van der Waals surface area (Å²) in [6.45, 7) is 7.46. The minimum atomic E-state index is 0.284. The molecule has 0 spiro atoms. The molecule has 1 fully saturated rings. The molecule has 0 radical (unpaired) electrons. The van der Waals surface area contributed by atoms with E-state index in [9.17, 15) is 0 Å². The third kappa shape index (κ3) is 4.11. The van der Waals surface area contributed by atoms with Crippen LogP contribution >= 0.6 is 11.6 Å². The molecule has 0 aromatic heterocycles. The van der Waals surface area contributed by atoms with Crippen LogP contribution in [0, 0.1) is 5.92 Å². The van der Waals surface area contributed by atoms with E-state index in [-0.39, 0.29) is 6.61 Å². The van der Waals surface area contributed by atoms with E-state index in [2.05, 4.69) is 42.3 Å². The van der Waals surface area contributed by atoms with Gasteiger partial charge >= 0.3 is 0 Å². The Bertz CT molecular complexity index is 436. The first kappa shape index (κ1) is 15.6. The van der Waals surface area contributed by atoms with Gasteiger partial charge in [0.05, 0.1) is 10.7 Å². The van der Waals surface area contributed by atoms with Gasteiger partial charge in [0.15, 0.2) is 0 Å². The van der Waals surface area contributed by atoms with Gasteiger partial charge in [-0.05, 0) is 36.5 Å². The Hall–Kier alpha value is -0.770. The lowest BCUT2D eigenvalue weighted by Gasteiger charge is -2.21. The van der Waals surface area contributed by atoms with Crippen molar-refractivity contribution in [1.82, 2.24) is 5.32 Å². The van der Waals surface area contributed by atoms with Gasteiger partial charge in [-0.25, -0.2) is 0 Å². The maximum absolute atomic E-state index is 9.03. The second kappa shape index (κ2) is 7.30. The molecule has 0 saturated carbocycles. The topological polar surface area (TPSA) is 35.5 Å². The molecule has 4 heteroatoms. The van der Waals surface area contributed by atoms with Crippen molar-refractivity contribution in [1.29, 1.82) is 0 Å². The number of nitrogens with one attached hydrogen (secondary N) is 1. The molecule has 1 aromatic carbocycles. The fourth-order valence-corrected chi connectivity index (χ4v) is 3.03. The zero-order chi connectivity index (χ0) is 14.5. The number of anilines is 1. The van der Waals surface area contributed by atoms with Gasteiger partial charge < -0.3 is 15.3 Å². The van der Waals surface area contributed by atoms with Crippen LogP contribution in [0.4, 0.5) is 5.69 Å². The molecule has 1 saturated heterocycles. The number of aliphatic hydroxyl groups excluding tert-OH is 1. The number of nitrogens with zero attached hydrogens (tertiary/aromatic N) is 1. The predicted octanol–water partition coefficient (Wildman–Crippen LogP) is 3.05. The molecule has 1 aliphatic heterocycles. The maximum Gasteiger partial charge on any atom is 0.0642 e. The molecule has 1 aliphatic rings. The van der Waals surface area contributed by atoms with Crippen molar-refractivity contribution in [2.24, 2.45) is 5.92 Å². The zero-order valence-electron chi connectivity index (χ0n) is 12.4. The van der Waals surface area contributed by atoms with Crippen molar-refractivity contribution in [3.63, 3.8) is 0 Å². The van der Waals surface area contributed by atoms with Crippen LogP contribution in [-0.2, 0) is 6.54 Å². The molecule has 20 heavy (non-hydrogen) atoms. The van der Waals surface area contributed by atoms with Gasteiger partial charge in [-0.1, -0.05) is 31.5 Å². The fraction of sp³-hybridized carbons (Fsp3) is 0.625. The average Bonchev–Trinajstić information content (AvgIpc) is 2.85. The van der Waals surface area contributed by atoms with E-state index in [0.717, 1.165) is 43.2 Å². The highest BCUT2D eigenvalue weighted by Gasteiger charge is 2.23. The van der Waals surface area contributed by atoms with Gasteiger partial charge in [-0.2, -0.15) is 0 Å². The summed E-state index contributed by atoms with van der Waals surface area (Å²) in [7, 11) is 0. The Kier molecular flexibility index (Phi) is 5.70. The van der Waals surface area contributed by atoms with Crippen molar-refractivity contribution >= 4 is 17.3 Å². The molecule has 0 aliphatic carbocycles. The quantitative estimate of drug-likeness (QED) is 0.847. The van der Waals surface area contributed by atoms with Crippen molar-refractivity contribution in [2.45, 2.75) is 39.3 Å². The summed E-state index contributed by atoms with van der Waals surface area (Å²) in [6.07, 6.45) is 2.04. The molecule has 0 amide bonds. The SMILES string of the molecule is CC(C)NCc1ccc(N2CCC(CCO)C2)c(Cl)c1. The van der Waals surface area contributed by atoms with E-state index in [0.29, 0.717) is 12.0 Å². The van der Waals surface area contributed by atoms with Gasteiger partial charge in [-0.3, -0.25) is 0 Å². The van der Waals surface area contributed by atoms with Crippen LogP contribution in [0.5, 0.6) is 0 Å². The standard InChI is InChI=1S/C16H25ClN2O/c1-12(2)18-10-14-3-4-16(15(17)9-14)19-7-5-13(11-19)6-8-20/h3-4,9,12-13,18,20H,5-8,10-11H2,1-2H3. The van der Waals surface area contributed by atoms with Crippen LogP contribution in [0.1, 0.15) is 32.3 Å². The molecule has 1 unspecified atom stereocenters. The normalized spacial score (nSPS) is 19.1. The summed E-state index contributed by atoms with van der Waals surface area (Å²) >= 11 is 6.43. The maximum atomic E-state index is 9.03. The van der Waals surface area contributed by atoms with Crippen molar-refractivity contribution in [3.05, 3.63) is 28.8 Å². The largest absolute Gasteiger partial charge is 0.396 e. The summed E-state index contributed by atoms with van der Waals surface area (Å²) in [5.74, 6) is 0.596. The van der Waals surface area contributed by atoms with E-state index in [1.807, 2.05) is 0 Å². The van der Waals surface area contributed by atoms with Gasteiger partial charge in [0.25, 0.3) is 0 Å². The minimum Gasteiger partial charge on any atom is -0.396 e. The highest BCUT2D eigenvalue weighted by molar-refractivity contribution is 6.33. The van der Waals surface area contributed by atoms with Crippen LogP contribution in [-0.4, -0.2) is 30.8 Å². The lowest BCUT2D eigenvalue weighted by molar-refractivity contribution is 0.263. The monoisotopic (exact) mass is 296 g/mol. The lowest BCUT2D eigenvalue weighted by Crippen LogP contribution is -2.22. The average molecular weight is 297 g/mol. The molecular formula is C16H25ClN2O. The molecule has 1 atom stereocenters. The summed E-state index contributed by atoms with van der Waals surface area (Å²) in [6, 6.07) is 6.81. The van der Waals surface area contributed by atoms with Gasteiger partial charge in [0, 0.05) is 32.3 Å². The molecule has 112 valence electrons. The highest BCUT2D eigenvalue weighted by atomic mass is 35.5. The van der Waals surface area contributed by atoms with Crippen molar-refractivity contribution < 1.29 is 5.11 Å². The molecule has 1 aromatic rings. The van der Waals surface area contributed by atoms with Crippen LogP contribution < -0.4 is 10.2 Å². The molecule has 2 N–H and O–H groups in total. The van der Waals surface area contributed by atoms with Crippen molar-refractivity contribution in [2.75, 3.05) is 24.6 Å². The predicted molar refractivity (Wildman–Crippen MR) is 85.5 cm³/mol. The Balaban J connectivity index is 1.99. The van der Waals surface area contributed by atoms with Crippen LogP contribution in [0.2, 0.25) is 5.02 Å². The number of rotatable bonds is 6. The van der Waals surface area contributed by atoms with E-state index >= 15 is 0 Å². The Morgan fingerprint density at radius 2 is 2.25 bits per heavy atom. The second-order valence-corrected chi connectivity index (χ2v) is 6.34. The summed E-state index contributed by atoms with van der Waals surface area (Å²) in [4.78, 5) is 2.34. The number of benzene rings is 1. The lowest BCUT2D eigenvalue weighted by atomic mass is 10.1. The molecular weight excluding hydrogens is 272 g/mol. The number of hydrogen-bond acceptors (Lipinski definition) is 3. The second-order valence-electron chi connectivity index (χ2n) is 5.93. The zero-order valence-corrected chi connectivity index (χ0v) is 13.2. The first-order valence-corrected chi connectivity index (χ1v) is 7.85. The Morgan fingerprint density at radius 1 is 1.45 bits per heavy atom. The molecule has 3 nitrogen and oxygen atoms in total. The Labute approximate surface area is 126 Å². The first-order chi connectivity index (χ1) is 9.60. The summed E-state index contributed by atoms with van der Waals surface area (Å²) < 4.78 is 0. The third-order valence-corrected chi connectivity index (χ3v) is 4.19. The number of hydrogen-bond donors (Lipinski definition) is 2. The van der Waals surface area contributed by atoms with Gasteiger partial charge in [0.2, 0.25) is 0 Å². The van der Waals surface area contributed by atoms with E-state index in [4.69, 9.17) is 16.7 Å². The van der Waals surface area contributed by atoms with Gasteiger partial charge in [0.1, 0.15) is 0 Å². The molecule has 0 bridgehead atoms. The summed E-state index contributed by atoms with van der Waals surface area (Å²) in [5.41, 5.74) is 2.35.